The van der Waals surface area contributed by atoms with Gasteiger partial charge in [0.25, 0.3) is 0 Å². The third-order valence-electron chi connectivity index (χ3n) is 1.85. The Hall–Kier alpha value is -1.58. The average Bonchev–Trinajstić information content (AvgIpc) is 2.62. The van der Waals surface area contributed by atoms with E-state index in [9.17, 15) is 0 Å². The summed E-state index contributed by atoms with van der Waals surface area (Å²) < 4.78 is 9.98. The highest BCUT2D eigenvalue weighted by molar-refractivity contribution is 5.58. The zero-order chi connectivity index (χ0) is 9.42. The molecule has 0 fully saturated rings. The number of hydrogen-bond donors (Lipinski definition) is 0. The van der Waals surface area contributed by atoms with E-state index in [1.807, 2.05) is 13.8 Å². The van der Waals surface area contributed by atoms with Gasteiger partial charge in [-0.1, -0.05) is 10.3 Å². The molecule has 2 rings (SSSR count). The van der Waals surface area contributed by atoms with Crippen molar-refractivity contribution in [1.29, 1.82) is 0 Å². The van der Waals surface area contributed by atoms with Crippen LogP contribution in [0.4, 0.5) is 0 Å². The third kappa shape index (κ3) is 1.24. The summed E-state index contributed by atoms with van der Waals surface area (Å²) in [7, 11) is 0. The average molecular weight is 177 g/mol. The topological polar surface area (TPSA) is 52.1 Å². The maximum atomic E-state index is 5.06. The molecule has 4 heteroatoms. The molecule has 13 heavy (non-hydrogen) atoms. The lowest BCUT2D eigenvalue weighted by molar-refractivity contribution is 0.390. The van der Waals surface area contributed by atoms with Crippen molar-refractivity contribution in [2.45, 2.75) is 13.8 Å². The first-order valence-electron chi connectivity index (χ1n) is 3.90. The van der Waals surface area contributed by atoms with Gasteiger partial charge in [0, 0.05) is 11.6 Å². The Bertz CT molecular complexity index is 429. The molecule has 4 nitrogen and oxygen atoms in total. The van der Waals surface area contributed by atoms with Crippen molar-refractivity contribution in [3.05, 3.63) is 30.0 Å². The van der Waals surface area contributed by atoms with Crippen LogP contribution in [-0.4, -0.2) is 10.3 Å². The lowest BCUT2D eigenvalue weighted by Crippen LogP contribution is -1.77. The van der Waals surface area contributed by atoms with Crippen molar-refractivity contribution in [3.63, 3.8) is 0 Å². The molecular weight excluding hydrogens is 168 g/mol. The van der Waals surface area contributed by atoms with Crippen molar-refractivity contribution < 1.29 is 9.05 Å². The molecule has 1 radical (unpaired) electrons. The Labute approximate surface area is 75.5 Å². The van der Waals surface area contributed by atoms with Gasteiger partial charge in [-0.3, -0.25) is 0 Å². The molecule has 0 bridgehead atoms. The molecular formula is C9H9N2O2. The number of hydrogen-bond acceptors (Lipinski definition) is 4. The van der Waals surface area contributed by atoms with Crippen molar-refractivity contribution in [3.8, 4) is 11.5 Å². The van der Waals surface area contributed by atoms with Crippen LogP contribution in [0.25, 0.3) is 11.5 Å². The quantitative estimate of drug-likeness (QED) is 0.669. The van der Waals surface area contributed by atoms with Crippen LogP contribution in [-0.2, 0) is 0 Å². The molecule has 0 aliphatic carbocycles. The fraction of sp³-hybridized carbons (Fsp3) is 0.222. The number of nitrogens with zero attached hydrogens (tertiary/aromatic N) is 2. The SMILES string of the molecule is [CH2]c1c(C)noc1-c1cc(C)on1. The van der Waals surface area contributed by atoms with Crippen LogP contribution in [0, 0.1) is 20.8 Å². The minimum atomic E-state index is 0.578. The highest BCUT2D eigenvalue weighted by Gasteiger charge is 2.14. The molecule has 0 atom stereocenters. The summed E-state index contributed by atoms with van der Waals surface area (Å²) in [4.78, 5) is 0. The summed E-state index contributed by atoms with van der Waals surface area (Å²) >= 11 is 0. The van der Waals surface area contributed by atoms with E-state index in [2.05, 4.69) is 17.2 Å². The predicted octanol–water partition coefficient (Wildman–Crippen LogP) is 2.13. The Kier molecular flexibility index (Phi) is 1.69. The second-order valence-electron chi connectivity index (χ2n) is 2.90. The van der Waals surface area contributed by atoms with Gasteiger partial charge < -0.3 is 9.05 Å². The van der Waals surface area contributed by atoms with E-state index in [1.165, 1.54) is 0 Å². The first-order valence-corrected chi connectivity index (χ1v) is 3.90. The monoisotopic (exact) mass is 177 g/mol. The van der Waals surface area contributed by atoms with Gasteiger partial charge in [0.1, 0.15) is 5.76 Å². The van der Waals surface area contributed by atoms with Gasteiger partial charge in [-0.05, 0) is 20.8 Å². The predicted molar refractivity (Wildman–Crippen MR) is 45.9 cm³/mol. The van der Waals surface area contributed by atoms with Crippen LogP contribution in [0.5, 0.6) is 0 Å². The molecule has 0 N–H and O–H groups in total. The van der Waals surface area contributed by atoms with Crippen molar-refractivity contribution >= 4 is 0 Å². The smallest absolute Gasteiger partial charge is 0.192 e. The van der Waals surface area contributed by atoms with Crippen LogP contribution in [0.3, 0.4) is 0 Å². The van der Waals surface area contributed by atoms with Gasteiger partial charge in [0.05, 0.1) is 5.69 Å². The molecule has 0 saturated heterocycles. The molecule has 0 spiro atoms. The van der Waals surface area contributed by atoms with Crippen molar-refractivity contribution in [1.82, 2.24) is 10.3 Å². The van der Waals surface area contributed by atoms with E-state index in [1.54, 1.807) is 6.07 Å². The van der Waals surface area contributed by atoms with Crippen molar-refractivity contribution in [2.24, 2.45) is 0 Å². The fourth-order valence-electron chi connectivity index (χ4n) is 1.06. The highest BCUT2D eigenvalue weighted by atomic mass is 16.5. The van der Waals surface area contributed by atoms with Gasteiger partial charge in [0.15, 0.2) is 11.5 Å². The number of aromatic nitrogens is 2. The number of aryl methyl sites for hydroxylation is 2. The molecule has 0 unspecified atom stereocenters. The van der Waals surface area contributed by atoms with Crippen LogP contribution >= 0.6 is 0 Å². The minimum absolute atomic E-state index is 0.578. The summed E-state index contributed by atoms with van der Waals surface area (Å²) in [6.45, 7) is 7.49. The largest absolute Gasteiger partial charge is 0.361 e. The normalized spacial score (nSPS) is 10.7. The zero-order valence-corrected chi connectivity index (χ0v) is 7.50. The summed E-state index contributed by atoms with van der Waals surface area (Å²) in [5, 5.41) is 7.59. The first-order chi connectivity index (χ1) is 6.18. The van der Waals surface area contributed by atoms with E-state index in [0.717, 1.165) is 17.0 Å². The molecule has 0 saturated carbocycles. The minimum Gasteiger partial charge on any atom is -0.361 e. The van der Waals surface area contributed by atoms with Crippen molar-refractivity contribution in [2.75, 3.05) is 0 Å². The zero-order valence-electron chi connectivity index (χ0n) is 7.50. The van der Waals surface area contributed by atoms with Crippen LogP contribution in [0.1, 0.15) is 17.0 Å². The Balaban J connectivity index is 2.52. The molecule has 0 aromatic carbocycles. The maximum Gasteiger partial charge on any atom is 0.192 e. The van der Waals surface area contributed by atoms with Gasteiger partial charge in [-0.25, -0.2) is 0 Å². The Morgan fingerprint density at radius 3 is 2.46 bits per heavy atom. The van der Waals surface area contributed by atoms with Crippen LogP contribution < -0.4 is 0 Å². The van der Waals surface area contributed by atoms with Gasteiger partial charge >= 0.3 is 0 Å². The van der Waals surface area contributed by atoms with Crippen LogP contribution in [0.15, 0.2) is 15.1 Å². The lowest BCUT2D eigenvalue weighted by Gasteiger charge is -1.87. The van der Waals surface area contributed by atoms with E-state index in [4.69, 9.17) is 9.05 Å². The highest BCUT2D eigenvalue weighted by Crippen LogP contribution is 2.24. The summed E-state index contributed by atoms with van der Waals surface area (Å²) in [5.74, 6) is 1.32. The van der Waals surface area contributed by atoms with Gasteiger partial charge in [-0.2, -0.15) is 0 Å². The number of rotatable bonds is 1. The van der Waals surface area contributed by atoms with E-state index in [0.29, 0.717) is 11.5 Å². The lowest BCUT2D eigenvalue weighted by atomic mass is 10.2. The van der Waals surface area contributed by atoms with E-state index in [-0.39, 0.29) is 0 Å². The van der Waals surface area contributed by atoms with Crippen LogP contribution in [0.2, 0.25) is 0 Å². The molecule has 0 amide bonds. The van der Waals surface area contributed by atoms with E-state index >= 15 is 0 Å². The molecule has 2 aromatic rings. The summed E-state index contributed by atoms with van der Waals surface area (Å²) in [6, 6.07) is 1.79. The first kappa shape index (κ1) is 8.04. The van der Waals surface area contributed by atoms with E-state index < -0.39 is 0 Å². The molecule has 2 heterocycles. The third-order valence-corrected chi connectivity index (χ3v) is 1.85. The molecule has 0 aliphatic rings. The Morgan fingerprint density at radius 2 is 2.00 bits per heavy atom. The maximum absolute atomic E-state index is 5.06. The van der Waals surface area contributed by atoms with Gasteiger partial charge in [0.2, 0.25) is 0 Å². The fourth-order valence-corrected chi connectivity index (χ4v) is 1.06. The molecule has 67 valence electrons. The Morgan fingerprint density at radius 1 is 1.23 bits per heavy atom. The molecule has 0 aliphatic heterocycles. The second kappa shape index (κ2) is 2.73. The standard InChI is InChI=1S/C9H9N2O2/c1-5-4-8(11-12-5)9-6(2)7(3)10-13-9/h4H,2H2,1,3H3. The summed E-state index contributed by atoms with van der Waals surface area (Å²) in [5.41, 5.74) is 2.17. The molecule has 2 aromatic heterocycles. The second-order valence-corrected chi connectivity index (χ2v) is 2.90. The summed E-state index contributed by atoms with van der Waals surface area (Å²) in [6.07, 6.45) is 0. The van der Waals surface area contributed by atoms with Gasteiger partial charge in [-0.15, -0.1) is 0 Å².